The lowest BCUT2D eigenvalue weighted by Gasteiger charge is -2.06. The number of hydrogen-bond donors (Lipinski definition) is 0. The maximum atomic E-state index is 12.8. The number of thiazole rings is 1. The highest BCUT2D eigenvalue weighted by Crippen LogP contribution is 2.25. The minimum Gasteiger partial charge on any atom is -0.383 e. The maximum absolute atomic E-state index is 12.8. The fourth-order valence-electron chi connectivity index (χ4n) is 3.32. The molecular weight excluding hydrogens is 392 g/mol. The molecule has 1 aromatic heterocycles. The Bertz CT molecular complexity index is 1220. The topological polar surface area (TPSA) is 43.6 Å². The van der Waals surface area contributed by atoms with E-state index in [1.54, 1.807) is 7.11 Å². The number of para-hydroxylation sites is 1. The Labute approximate surface area is 171 Å². The molecule has 0 saturated heterocycles. The highest BCUT2D eigenvalue weighted by molar-refractivity contribution is 7.16. The fraction of sp³-hybridized carbons (Fsp3) is 0.182. The summed E-state index contributed by atoms with van der Waals surface area (Å²) >= 11 is 7.87. The Morgan fingerprint density at radius 2 is 1.89 bits per heavy atom. The molecule has 0 aliphatic heterocycles. The molecule has 0 aliphatic carbocycles. The summed E-state index contributed by atoms with van der Waals surface area (Å²) in [6.45, 7) is 1.10. The number of amides is 1. The van der Waals surface area contributed by atoms with Crippen molar-refractivity contribution in [3.63, 3.8) is 0 Å². The van der Waals surface area contributed by atoms with E-state index < -0.39 is 0 Å². The number of ether oxygens (including phenoxy) is 1. The van der Waals surface area contributed by atoms with E-state index in [0.717, 1.165) is 26.6 Å². The minimum atomic E-state index is -0.176. The van der Waals surface area contributed by atoms with E-state index in [4.69, 9.17) is 16.3 Å². The molecular formula is C22H19ClN2O2S. The van der Waals surface area contributed by atoms with Crippen LogP contribution in [-0.2, 0) is 22.5 Å². The van der Waals surface area contributed by atoms with Gasteiger partial charge < -0.3 is 9.30 Å². The summed E-state index contributed by atoms with van der Waals surface area (Å²) in [7, 11) is 1.65. The van der Waals surface area contributed by atoms with E-state index in [-0.39, 0.29) is 12.3 Å². The van der Waals surface area contributed by atoms with E-state index in [0.29, 0.717) is 23.0 Å². The summed E-state index contributed by atoms with van der Waals surface area (Å²) in [6.07, 6.45) is 0.258. The number of nitrogens with zero attached hydrogens (tertiary/aromatic N) is 2. The number of hydrogen-bond acceptors (Lipinski definition) is 3. The first-order valence-electron chi connectivity index (χ1n) is 8.98. The summed E-state index contributed by atoms with van der Waals surface area (Å²) in [5.41, 5.74) is 1.87. The number of benzene rings is 3. The van der Waals surface area contributed by atoms with Gasteiger partial charge in [0, 0.05) is 13.7 Å². The van der Waals surface area contributed by atoms with Gasteiger partial charge in [-0.3, -0.25) is 4.79 Å². The van der Waals surface area contributed by atoms with Crippen molar-refractivity contribution in [2.24, 2.45) is 4.99 Å². The van der Waals surface area contributed by atoms with Crippen molar-refractivity contribution in [1.82, 2.24) is 4.57 Å². The van der Waals surface area contributed by atoms with Crippen molar-refractivity contribution < 1.29 is 9.53 Å². The first-order valence-corrected chi connectivity index (χ1v) is 10.2. The summed E-state index contributed by atoms with van der Waals surface area (Å²) in [6, 6.07) is 19.8. The molecule has 0 aliphatic rings. The molecule has 0 N–H and O–H groups in total. The second-order valence-electron chi connectivity index (χ2n) is 6.44. The Morgan fingerprint density at radius 3 is 2.75 bits per heavy atom. The van der Waals surface area contributed by atoms with Gasteiger partial charge in [-0.25, -0.2) is 0 Å². The lowest BCUT2D eigenvalue weighted by Crippen LogP contribution is -2.20. The van der Waals surface area contributed by atoms with E-state index in [1.165, 1.54) is 11.3 Å². The van der Waals surface area contributed by atoms with E-state index in [1.807, 2.05) is 65.2 Å². The van der Waals surface area contributed by atoms with Gasteiger partial charge >= 0.3 is 0 Å². The zero-order valence-corrected chi connectivity index (χ0v) is 17.0. The number of fused-ring (bicyclic) bond motifs is 2. The average molecular weight is 411 g/mol. The fourth-order valence-corrected chi connectivity index (χ4v) is 4.75. The second-order valence-corrected chi connectivity index (χ2v) is 7.85. The van der Waals surface area contributed by atoms with Gasteiger partial charge in [0.05, 0.1) is 28.3 Å². The van der Waals surface area contributed by atoms with Gasteiger partial charge in [-0.15, -0.1) is 0 Å². The Morgan fingerprint density at radius 1 is 1.11 bits per heavy atom. The molecule has 1 amide bonds. The molecule has 0 fully saturated rings. The number of carbonyl (C=O) groups excluding carboxylic acids is 1. The third-order valence-electron chi connectivity index (χ3n) is 4.61. The van der Waals surface area contributed by atoms with Gasteiger partial charge in [0.25, 0.3) is 5.91 Å². The van der Waals surface area contributed by atoms with Crippen LogP contribution in [0.25, 0.3) is 21.0 Å². The number of rotatable bonds is 5. The largest absolute Gasteiger partial charge is 0.383 e. The van der Waals surface area contributed by atoms with Gasteiger partial charge in [-0.2, -0.15) is 4.99 Å². The normalized spacial score (nSPS) is 12.1. The molecule has 3 aromatic carbocycles. The molecule has 4 rings (SSSR count). The van der Waals surface area contributed by atoms with Crippen LogP contribution in [0, 0.1) is 0 Å². The molecule has 0 spiro atoms. The Balaban J connectivity index is 1.74. The molecule has 6 heteroatoms. The predicted octanol–water partition coefficient (Wildman–Crippen LogP) is 4.83. The van der Waals surface area contributed by atoms with Crippen molar-refractivity contribution >= 4 is 49.8 Å². The van der Waals surface area contributed by atoms with Crippen molar-refractivity contribution in [2.45, 2.75) is 13.0 Å². The van der Waals surface area contributed by atoms with E-state index in [9.17, 15) is 4.79 Å². The van der Waals surface area contributed by atoms with Gasteiger partial charge in [0.1, 0.15) is 0 Å². The van der Waals surface area contributed by atoms with Crippen molar-refractivity contribution in [3.8, 4) is 0 Å². The Kier molecular flexibility index (Phi) is 5.57. The third kappa shape index (κ3) is 3.74. The number of halogens is 1. The summed E-state index contributed by atoms with van der Waals surface area (Å²) < 4.78 is 8.19. The SMILES string of the molecule is COCCn1c(=NC(=O)Cc2cccc3ccccc23)sc2cccc(Cl)c21. The molecule has 0 bridgehead atoms. The van der Waals surface area contributed by atoms with Crippen LogP contribution in [0.15, 0.2) is 65.7 Å². The maximum Gasteiger partial charge on any atom is 0.252 e. The average Bonchev–Trinajstić information content (AvgIpc) is 3.04. The van der Waals surface area contributed by atoms with Gasteiger partial charge in [0.2, 0.25) is 0 Å². The molecule has 4 nitrogen and oxygen atoms in total. The van der Waals surface area contributed by atoms with Crippen LogP contribution in [0.5, 0.6) is 0 Å². The van der Waals surface area contributed by atoms with Crippen LogP contribution in [0.1, 0.15) is 5.56 Å². The van der Waals surface area contributed by atoms with Crippen LogP contribution in [0.2, 0.25) is 5.02 Å². The zero-order chi connectivity index (χ0) is 19.5. The van der Waals surface area contributed by atoms with Crippen LogP contribution >= 0.6 is 22.9 Å². The standard InChI is InChI=1S/C22H19ClN2O2S/c1-27-13-12-25-21-18(23)10-5-11-19(21)28-22(25)24-20(26)14-16-8-4-7-15-6-2-3-9-17(15)16/h2-11H,12-14H2,1H3. The smallest absolute Gasteiger partial charge is 0.252 e. The summed E-state index contributed by atoms with van der Waals surface area (Å²) in [4.78, 5) is 17.8. The van der Waals surface area contributed by atoms with Gasteiger partial charge in [-0.1, -0.05) is 71.5 Å². The molecule has 0 unspecified atom stereocenters. The third-order valence-corrected chi connectivity index (χ3v) is 5.96. The number of carbonyl (C=O) groups is 1. The highest BCUT2D eigenvalue weighted by Gasteiger charge is 2.12. The van der Waals surface area contributed by atoms with Crippen molar-refractivity contribution in [2.75, 3.05) is 13.7 Å². The van der Waals surface area contributed by atoms with Crippen molar-refractivity contribution in [1.29, 1.82) is 0 Å². The van der Waals surface area contributed by atoms with Gasteiger partial charge in [-0.05, 0) is 28.5 Å². The van der Waals surface area contributed by atoms with Gasteiger partial charge in [0.15, 0.2) is 4.80 Å². The number of aromatic nitrogens is 1. The molecule has 4 aromatic rings. The zero-order valence-electron chi connectivity index (χ0n) is 15.4. The molecule has 0 saturated carbocycles. The second kappa shape index (κ2) is 8.27. The first-order chi connectivity index (χ1) is 13.7. The number of methoxy groups -OCH3 is 1. The molecule has 1 heterocycles. The van der Waals surface area contributed by atoms with Crippen LogP contribution in [-0.4, -0.2) is 24.2 Å². The predicted molar refractivity (Wildman–Crippen MR) is 115 cm³/mol. The summed E-state index contributed by atoms with van der Waals surface area (Å²) in [5.74, 6) is -0.176. The van der Waals surface area contributed by atoms with Crippen LogP contribution in [0.3, 0.4) is 0 Å². The molecule has 28 heavy (non-hydrogen) atoms. The molecule has 142 valence electrons. The van der Waals surface area contributed by atoms with E-state index in [2.05, 4.69) is 4.99 Å². The Hall–Kier alpha value is -2.47. The van der Waals surface area contributed by atoms with Crippen LogP contribution in [0.4, 0.5) is 0 Å². The summed E-state index contributed by atoms with van der Waals surface area (Å²) in [5, 5.41) is 2.85. The lowest BCUT2D eigenvalue weighted by atomic mass is 10.0. The van der Waals surface area contributed by atoms with Crippen molar-refractivity contribution in [3.05, 3.63) is 76.1 Å². The lowest BCUT2D eigenvalue weighted by molar-refractivity contribution is -0.117. The highest BCUT2D eigenvalue weighted by atomic mass is 35.5. The monoisotopic (exact) mass is 410 g/mol. The van der Waals surface area contributed by atoms with Crippen LogP contribution < -0.4 is 4.80 Å². The van der Waals surface area contributed by atoms with E-state index >= 15 is 0 Å². The quantitative estimate of drug-likeness (QED) is 0.473. The molecule has 0 radical (unpaired) electrons. The minimum absolute atomic E-state index is 0.176. The molecule has 0 atom stereocenters. The first kappa shape index (κ1) is 18.9.